The maximum Gasteiger partial charge on any atom is 0.573 e. The summed E-state index contributed by atoms with van der Waals surface area (Å²) in [7, 11) is 0. The molecule has 3 aliphatic rings. The molecular weight excluding hydrogens is 563 g/mol. The summed E-state index contributed by atoms with van der Waals surface area (Å²) in [4.78, 5) is 42.8. The van der Waals surface area contributed by atoms with E-state index in [1.807, 2.05) is 0 Å². The van der Waals surface area contributed by atoms with Crippen LogP contribution in [0.2, 0.25) is 0 Å². The van der Waals surface area contributed by atoms with Crippen LogP contribution in [-0.4, -0.2) is 47.7 Å². The standard InChI is InChI=1S/C30H31F5N2O5/c1-2-41-26(39)15-14-25(38)36(19-9-10-19)27-21-4-3-5-23(21)37(24-13-8-18(28(31)32)16-22(24)27)29(40)17-6-11-20(12-7-17)42-30(33,34)35/h6-8,11-13,16,19,21,23,27-28H,2-5,9-10,14-15H2,1H3. The lowest BCUT2D eigenvalue weighted by molar-refractivity contribution is -0.274. The highest BCUT2D eigenvalue weighted by molar-refractivity contribution is 6.07. The van der Waals surface area contributed by atoms with Crippen molar-refractivity contribution in [3.05, 3.63) is 59.2 Å². The summed E-state index contributed by atoms with van der Waals surface area (Å²) in [5.74, 6) is -1.97. The summed E-state index contributed by atoms with van der Waals surface area (Å²) < 4.78 is 74.6. The van der Waals surface area contributed by atoms with E-state index in [9.17, 15) is 36.3 Å². The van der Waals surface area contributed by atoms with Crippen molar-refractivity contribution < 1.29 is 45.8 Å². The molecular formula is C30H31F5N2O5. The minimum absolute atomic E-state index is 0.0813. The molecule has 1 aliphatic heterocycles. The molecule has 42 heavy (non-hydrogen) atoms. The maximum atomic E-state index is 13.9. The summed E-state index contributed by atoms with van der Waals surface area (Å²) >= 11 is 0. The van der Waals surface area contributed by atoms with E-state index in [-0.39, 0.29) is 54.5 Å². The molecule has 2 aromatic rings. The molecule has 0 saturated heterocycles. The number of nitrogens with zero attached hydrogens (tertiary/aromatic N) is 2. The Morgan fingerprint density at radius 1 is 1.00 bits per heavy atom. The summed E-state index contributed by atoms with van der Waals surface area (Å²) in [6.45, 7) is 1.87. The minimum Gasteiger partial charge on any atom is -0.466 e. The molecule has 0 bridgehead atoms. The van der Waals surface area contributed by atoms with E-state index < -0.39 is 36.5 Å². The number of esters is 1. The van der Waals surface area contributed by atoms with E-state index in [1.165, 1.54) is 30.3 Å². The van der Waals surface area contributed by atoms with Gasteiger partial charge in [0.15, 0.2) is 0 Å². The smallest absolute Gasteiger partial charge is 0.466 e. The van der Waals surface area contributed by atoms with E-state index in [0.29, 0.717) is 24.1 Å². The SMILES string of the molecule is CCOC(=O)CCC(=O)N(C1CC1)C1c2cc(C(F)F)ccc2N(C(=O)c2ccc(OC(F)(F)F)cc2)C2CCCC21. The molecule has 2 fully saturated rings. The van der Waals surface area contributed by atoms with Gasteiger partial charge in [0, 0.05) is 41.2 Å². The third-order valence-corrected chi connectivity index (χ3v) is 8.08. The normalized spacial score (nSPS) is 21.5. The summed E-state index contributed by atoms with van der Waals surface area (Å²) in [6.07, 6.45) is -4.36. The van der Waals surface area contributed by atoms with Gasteiger partial charge in [-0.2, -0.15) is 0 Å². The predicted octanol–water partition coefficient (Wildman–Crippen LogP) is 6.73. The number of ether oxygens (including phenoxy) is 2. The second-order valence-electron chi connectivity index (χ2n) is 10.8. The number of hydrogen-bond acceptors (Lipinski definition) is 5. The molecule has 2 aliphatic carbocycles. The highest BCUT2D eigenvalue weighted by atomic mass is 19.4. The fourth-order valence-electron chi connectivity index (χ4n) is 6.30. The first-order valence-corrected chi connectivity index (χ1v) is 14.1. The Morgan fingerprint density at radius 3 is 2.33 bits per heavy atom. The van der Waals surface area contributed by atoms with Crippen LogP contribution in [-0.2, 0) is 14.3 Å². The maximum absolute atomic E-state index is 13.9. The third kappa shape index (κ3) is 6.22. The Morgan fingerprint density at radius 2 is 1.71 bits per heavy atom. The molecule has 2 amide bonds. The zero-order chi connectivity index (χ0) is 30.2. The minimum atomic E-state index is -4.88. The van der Waals surface area contributed by atoms with Gasteiger partial charge in [-0.25, -0.2) is 8.78 Å². The largest absolute Gasteiger partial charge is 0.573 e. The topological polar surface area (TPSA) is 76.2 Å². The van der Waals surface area contributed by atoms with Crippen LogP contribution in [0.3, 0.4) is 0 Å². The zero-order valence-corrected chi connectivity index (χ0v) is 22.9. The van der Waals surface area contributed by atoms with Crippen molar-refractivity contribution in [1.82, 2.24) is 4.90 Å². The number of halogens is 5. The molecule has 1 heterocycles. The molecule has 12 heteroatoms. The molecule has 0 N–H and O–H groups in total. The van der Waals surface area contributed by atoms with E-state index in [2.05, 4.69) is 4.74 Å². The van der Waals surface area contributed by atoms with Crippen molar-refractivity contribution in [2.45, 2.75) is 82.8 Å². The Bertz CT molecular complexity index is 1330. The van der Waals surface area contributed by atoms with Crippen LogP contribution in [0.25, 0.3) is 0 Å². The lowest BCUT2D eigenvalue weighted by Crippen LogP contribution is -2.53. The molecule has 2 saturated carbocycles. The van der Waals surface area contributed by atoms with Gasteiger partial charge in [-0.05, 0) is 74.6 Å². The van der Waals surface area contributed by atoms with E-state index in [0.717, 1.165) is 31.4 Å². The average molecular weight is 595 g/mol. The fourth-order valence-corrected chi connectivity index (χ4v) is 6.30. The van der Waals surface area contributed by atoms with Crippen LogP contribution in [0.1, 0.15) is 85.8 Å². The molecule has 3 atom stereocenters. The number of rotatable bonds is 9. The molecule has 7 nitrogen and oxygen atoms in total. The number of hydrogen-bond donors (Lipinski definition) is 0. The highest BCUT2D eigenvalue weighted by Crippen LogP contribution is 2.53. The zero-order valence-electron chi connectivity index (χ0n) is 22.9. The second-order valence-corrected chi connectivity index (χ2v) is 10.8. The first kappa shape index (κ1) is 29.8. The lowest BCUT2D eigenvalue weighted by atomic mass is 9.80. The van der Waals surface area contributed by atoms with Crippen molar-refractivity contribution >= 4 is 23.5 Å². The molecule has 2 aromatic carbocycles. The van der Waals surface area contributed by atoms with Crippen LogP contribution in [0.5, 0.6) is 5.75 Å². The number of fused-ring (bicyclic) bond motifs is 2. The monoisotopic (exact) mass is 594 g/mol. The fraction of sp³-hybridized carbons (Fsp3) is 0.500. The number of carbonyl (C=O) groups is 3. The molecule has 3 unspecified atom stereocenters. The average Bonchev–Trinajstić information content (AvgIpc) is 3.66. The molecule has 0 spiro atoms. The number of alkyl halides is 5. The van der Waals surface area contributed by atoms with Crippen LogP contribution in [0.4, 0.5) is 27.6 Å². The van der Waals surface area contributed by atoms with Gasteiger partial charge < -0.3 is 19.3 Å². The van der Waals surface area contributed by atoms with Crippen molar-refractivity contribution in [1.29, 1.82) is 0 Å². The van der Waals surface area contributed by atoms with Crippen LogP contribution < -0.4 is 9.64 Å². The van der Waals surface area contributed by atoms with Gasteiger partial charge in [-0.1, -0.05) is 12.5 Å². The van der Waals surface area contributed by atoms with Gasteiger partial charge in [-0.15, -0.1) is 13.2 Å². The van der Waals surface area contributed by atoms with Crippen molar-refractivity contribution in [2.24, 2.45) is 5.92 Å². The van der Waals surface area contributed by atoms with Gasteiger partial charge in [0.1, 0.15) is 5.75 Å². The number of benzene rings is 2. The van der Waals surface area contributed by atoms with Crippen molar-refractivity contribution in [3.63, 3.8) is 0 Å². The van der Waals surface area contributed by atoms with Gasteiger partial charge >= 0.3 is 12.3 Å². The molecule has 0 radical (unpaired) electrons. The number of carbonyl (C=O) groups excluding carboxylic acids is 3. The number of amides is 2. The highest BCUT2D eigenvalue weighted by Gasteiger charge is 2.51. The van der Waals surface area contributed by atoms with Gasteiger partial charge in [-0.3, -0.25) is 14.4 Å². The van der Waals surface area contributed by atoms with Gasteiger partial charge in [0.2, 0.25) is 5.91 Å². The van der Waals surface area contributed by atoms with Crippen molar-refractivity contribution in [3.8, 4) is 5.75 Å². The Hall–Kier alpha value is -3.70. The van der Waals surface area contributed by atoms with E-state index in [1.54, 1.807) is 16.7 Å². The quantitative estimate of drug-likeness (QED) is 0.238. The molecule has 0 aromatic heterocycles. The number of anilines is 1. The third-order valence-electron chi connectivity index (χ3n) is 8.08. The Kier molecular flexibility index (Phi) is 8.43. The first-order chi connectivity index (χ1) is 20.0. The van der Waals surface area contributed by atoms with Gasteiger partial charge in [0.25, 0.3) is 12.3 Å². The Labute approximate surface area is 239 Å². The van der Waals surface area contributed by atoms with Crippen molar-refractivity contribution in [2.75, 3.05) is 11.5 Å². The van der Waals surface area contributed by atoms with Crippen LogP contribution in [0.15, 0.2) is 42.5 Å². The molecule has 226 valence electrons. The van der Waals surface area contributed by atoms with Gasteiger partial charge in [0.05, 0.1) is 19.1 Å². The van der Waals surface area contributed by atoms with Crippen LogP contribution >= 0.6 is 0 Å². The lowest BCUT2D eigenvalue weighted by Gasteiger charge is -2.48. The van der Waals surface area contributed by atoms with E-state index in [4.69, 9.17) is 4.74 Å². The Balaban J connectivity index is 1.53. The summed E-state index contributed by atoms with van der Waals surface area (Å²) in [6, 6.07) is 7.62. The van der Waals surface area contributed by atoms with Crippen LogP contribution in [0, 0.1) is 5.92 Å². The first-order valence-electron chi connectivity index (χ1n) is 14.1. The second kappa shape index (κ2) is 11.9. The van der Waals surface area contributed by atoms with E-state index >= 15 is 0 Å². The predicted molar refractivity (Wildman–Crippen MR) is 141 cm³/mol. The summed E-state index contributed by atoms with van der Waals surface area (Å²) in [5, 5.41) is 0. The summed E-state index contributed by atoms with van der Waals surface area (Å²) in [5.41, 5.74) is 0.683. The molecule has 5 rings (SSSR count).